The van der Waals surface area contributed by atoms with Gasteiger partial charge in [-0.1, -0.05) is 0 Å². The number of aromatic nitrogens is 2. The summed E-state index contributed by atoms with van der Waals surface area (Å²) in [5, 5.41) is 12.3. The Morgan fingerprint density at radius 3 is 2.81 bits per heavy atom. The number of nitrogens with two attached hydrogens (primary N) is 1. The van der Waals surface area contributed by atoms with Crippen LogP contribution < -0.4 is 21.4 Å². The van der Waals surface area contributed by atoms with Crippen molar-refractivity contribution in [3.63, 3.8) is 0 Å². The average Bonchev–Trinajstić information content (AvgIpc) is 3.02. The van der Waals surface area contributed by atoms with E-state index in [0.29, 0.717) is 36.8 Å². The van der Waals surface area contributed by atoms with Crippen molar-refractivity contribution in [3.8, 4) is 0 Å². The Bertz CT molecular complexity index is 952. The predicted molar refractivity (Wildman–Crippen MR) is 97.5 cm³/mol. The normalized spacial score (nSPS) is 16.8. The second-order valence-corrected chi connectivity index (χ2v) is 6.37. The minimum atomic E-state index is -1.28. The van der Waals surface area contributed by atoms with Crippen molar-refractivity contribution in [1.29, 1.82) is 0 Å². The Morgan fingerprint density at radius 2 is 2.19 bits per heavy atom. The van der Waals surface area contributed by atoms with Crippen molar-refractivity contribution >= 4 is 34.4 Å². The smallest absolute Gasteiger partial charge is 0.341 e. The molecule has 1 saturated heterocycles. The van der Waals surface area contributed by atoms with E-state index in [4.69, 9.17) is 5.73 Å². The molecular weight excluding hydrogens is 338 g/mol. The number of carboxylic acid groups (broad SMARTS) is 1. The maximum atomic E-state index is 12.4. The van der Waals surface area contributed by atoms with Crippen LogP contribution in [0.1, 0.15) is 30.6 Å². The third kappa shape index (κ3) is 3.07. The molecule has 1 fully saturated rings. The fraction of sp³-hybridized carbons (Fsp3) is 0.412. The van der Waals surface area contributed by atoms with Gasteiger partial charge in [0, 0.05) is 38.8 Å². The summed E-state index contributed by atoms with van der Waals surface area (Å²) in [5.74, 6) is -0.827. The number of nitrogens with zero attached hydrogens (tertiary/aromatic N) is 3. The highest BCUT2D eigenvalue weighted by Gasteiger charge is 2.26. The van der Waals surface area contributed by atoms with Gasteiger partial charge < -0.3 is 25.6 Å². The highest BCUT2D eigenvalue weighted by molar-refractivity contribution is 5.93. The van der Waals surface area contributed by atoms with E-state index in [1.807, 2.05) is 11.8 Å². The Balaban J connectivity index is 2.08. The highest BCUT2D eigenvalue weighted by Crippen LogP contribution is 2.27. The number of pyridine rings is 2. The molecule has 0 aliphatic carbocycles. The molecule has 138 valence electrons. The average molecular weight is 359 g/mol. The van der Waals surface area contributed by atoms with Crippen LogP contribution in [-0.4, -0.2) is 45.7 Å². The lowest BCUT2D eigenvalue weighted by Gasteiger charge is -2.21. The van der Waals surface area contributed by atoms with E-state index in [1.165, 1.54) is 19.2 Å². The van der Waals surface area contributed by atoms with Crippen LogP contribution in [0.25, 0.3) is 11.0 Å². The first-order valence-corrected chi connectivity index (χ1v) is 8.40. The number of hydrogen-bond donors (Lipinski definition) is 3. The third-order valence-corrected chi connectivity index (χ3v) is 4.52. The molecule has 1 unspecified atom stereocenters. The Morgan fingerprint density at radius 1 is 1.46 bits per heavy atom. The number of amides is 1. The Labute approximate surface area is 149 Å². The van der Waals surface area contributed by atoms with Crippen LogP contribution in [0, 0.1) is 0 Å². The summed E-state index contributed by atoms with van der Waals surface area (Å²) in [6.45, 7) is 5.03. The fourth-order valence-corrected chi connectivity index (χ4v) is 3.32. The van der Waals surface area contributed by atoms with Gasteiger partial charge in [0.15, 0.2) is 5.82 Å². The van der Waals surface area contributed by atoms with Crippen LogP contribution in [-0.2, 0) is 11.3 Å². The van der Waals surface area contributed by atoms with Crippen LogP contribution in [0.15, 0.2) is 17.1 Å². The van der Waals surface area contributed by atoms with Crippen LogP contribution in [0.2, 0.25) is 0 Å². The number of carbonyl (C=O) groups is 2. The van der Waals surface area contributed by atoms with Gasteiger partial charge in [0.1, 0.15) is 11.2 Å². The molecule has 3 rings (SSSR count). The highest BCUT2D eigenvalue weighted by atomic mass is 16.4. The molecule has 0 radical (unpaired) electrons. The summed E-state index contributed by atoms with van der Waals surface area (Å²) in [4.78, 5) is 41.5. The van der Waals surface area contributed by atoms with Crippen molar-refractivity contribution < 1.29 is 14.7 Å². The largest absolute Gasteiger partial charge is 0.477 e. The van der Waals surface area contributed by atoms with E-state index in [-0.39, 0.29) is 22.9 Å². The molecular formula is C17H21N5O4. The van der Waals surface area contributed by atoms with Crippen LogP contribution in [0.4, 0.5) is 11.5 Å². The molecule has 0 saturated carbocycles. The zero-order valence-electron chi connectivity index (χ0n) is 14.7. The number of hydrogen-bond acceptors (Lipinski definition) is 6. The maximum Gasteiger partial charge on any atom is 0.341 e. The number of fused-ring (bicyclic) bond motifs is 1. The molecule has 9 heteroatoms. The maximum absolute atomic E-state index is 12.4. The number of anilines is 2. The van der Waals surface area contributed by atoms with Gasteiger partial charge in [-0.15, -0.1) is 0 Å². The number of carbonyl (C=O) groups excluding carboxylic acids is 1. The van der Waals surface area contributed by atoms with E-state index in [9.17, 15) is 19.5 Å². The number of aromatic carboxylic acids is 1. The lowest BCUT2D eigenvalue weighted by atomic mass is 10.1. The Hall–Kier alpha value is -3.10. The minimum Gasteiger partial charge on any atom is -0.477 e. The molecule has 2 aromatic heterocycles. The molecule has 1 aliphatic heterocycles. The molecule has 1 atom stereocenters. The first kappa shape index (κ1) is 17.7. The molecule has 1 aliphatic rings. The number of carboxylic acids is 1. The SMILES string of the molecule is CCn1cc(C(=O)O)c(=O)c2cc(N)c(N3CCC(NC(C)=O)C3)nc21. The summed E-state index contributed by atoms with van der Waals surface area (Å²) in [7, 11) is 0. The van der Waals surface area contributed by atoms with Crippen LogP contribution in [0.5, 0.6) is 0 Å². The molecule has 2 aromatic rings. The number of rotatable bonds is 4. The van der Waals surface area contributed by atoms with Gasteiger partial charge >= 0.3 is 5.97 Å². The molecule has 0 spiro atoms. The van der Waals surface area contributed by atoms with Gasteiger partial charge in [0.05, 0.1) is 11.1 Å². The van der Waals surface area contributed by atoms with Crippen molar-refractivity contribution in [3.05, 3.63) is 28.0 Å². The van der Waals surface area contributed by atoms with Gasteiger partial charge in [-0.3, -0.25) is 9.59 Å². The van der Waals surface area contributed by atoms with Crippen LogP contribution >= 0.6 is 0 Å². The predicted octanol–water partition coefficient (Wildman–Crippen LogP) is 0.412. The molecule has 0 bridgehead atoms. The minimum absolute atomic E-state index is 0.0205. The van der Waals surface area contributed by atoms with Crippen molar-refractivity contribution in [2.24, 2.45) is 0 Å². The molecule has 0 aromatic carbocycles. The van der Waals surface area contributed by atoms with Gasteiger partial charge in [-0.2, -0.15) is 0 Å². The lowest BCUT2D eigenvalue weighted by molar-refractivity contribution is -0.119. The Kier molecular flexibility index (Phi) is 4.54. The van der Waals surface area contributed by atoms with Gasteiger partial charge in [-0.25, -0.2) is 9.78 Å². The van der Waals surface area contributed by atoms with Crippen LogP contribution in [0.3, 0.4) is 0 Å². The number of nitrogen functional groups attached to an aromatic ring is 1. The first-order chi connectivity index (χ1) is 12.3. The van der Waals surface area contributed by atoms with E-state index < -0.39 is 11.4 Å². The quantitative estimate of drug-likeness (QED) is 0.721. The van der Waals surface area contributed by atoms with Gasteiger partial charge in [0.2, 0.25) is 11.3 Å². The van der Waals surface area contributed by atoms with E-state index >= 15 is 0 Å². The molecule has 26 heavy (non-hydrogen) atoms. The second-order valence-electron chi connectivity index (χ2n) is 6.37. The number of aryl methyl sites for hydroxylation is 1. The van der Waals surface area contributed by atoms with Gasteiger partial charge in [-0.05, 0) is 19.4 Å². The van der Waals surface area contributed by atoms with E-state index in [1.54, 1.807) is 4.57 Å². The second kappa shape index (κ2) is 6.66. The summed E-state index contributed by atoms with van der Waals surface area (Å²) < 4.78 is 1.63. The zero-order valence-corrected chi connectivity index (χ0v) is 14.7. The summed E-state index contributed by atoms with van der Waals surface area (Å²) in [5.41, 5.74) is 5.92. The molecule has 4 N–H and O–H groups in total. The summed E-state index contributed by atoms with van der Waals surface area (Å²) in [6.07, 6.45) is 2.08. The summed E-state index contributed by atoms with van der Waals surface area (Å²) in [6, 6.07) is 1.51. The lowest BCUT2D eigenvalue weighted by Crippen LogP contribution is -2.35. The fourth-order valence-electron chi connectivity index (χ4n) is 3.32. The zero-order chi connectivity index (χ0) is 19.0. The number of nitrogens with one attached hydrogen (secondary N) is 1. The van der Waals surface area contributed by atoms with Crippen molar-refractivity contribution in [2.45, 2.75) is 32.9 Å². The topological polar surface area (TPSA) is 131 Å². The van der Waals surface area contributed by atoms with E-state index in [0.717, 1.165) is 6.42 Å². The van der Waals surface area contributed by atoms with Crippen molar-refractivity contribution in [2.75, 3.05) is 23.7 Å². The molecule has 1 amide bonds. The first-order valence-electron chi connectivity index (χ1n) is 8.40. The van der Waals surface area contributed by atoms with Gasteiger partial charge in [0.25, 0.3) is 0 Å². The van der Waals surface area contributed by atoms with E-state index in [2.05, 4.69) is 10.3 Å². The summed E-state index contributed by atoms with van der Waals surface area (Å²) >= 11 is 0. The third-order valence-electron chi connectivity index (χ3n) is 4.52. The molecule has 9 nitrogen and oxygen atoms in total. The standard InChI is InChI=1S/C17H21N5O4/c1-3-21-8-12(17(25)26)14(24)11-6-13(18)16(20-15(11)21)22-5-4-10(7-22)19-9(2)23/h6,8,10H,3-5,7,18H2,1-2H3,(H,19,23)(H,25,26). The monoisotopic (exact) mass is 359 g/mol. The van der Waals surface area contributed by atoms with Crippen molar-refractivity contribution in [1.82, 2.24) is 14.9 Å². The molecule has 3 heterocycles.